The molecule has 0 spiro atoms. The summed E-state index contributed by atoms with van der Waals surface area (Å²) in [7, 11) is -11.2. The number of aromatic nitrogens is 5. The van der Waals surface area contributed by atoms with Gasteiger partial charge in [0.05, 0.1) is 84.0 Å². The van der Waals surface area contributed by atoms with Gasteiger partial charge in [-0.05, 0) is 262 Å². The van der Waals surface area contributed by atoms with Crippen molar-refractivity contribution in [1.29, 1.82) is 5.26 Å². The highest BCUT2D eigenvalue weighted by Gasteiger charge is 2.35. The molecule has 6 aromatic heterocycles. The summed E-state index contributed by atoms with van der Waals surface area (Å²) in [6.07, 6.45) is 11.5. The molecule has 0 bridgehead atoms. The molecule has 10 heterocycles. The molecular formula is C102H92Cl2N18O13S4. The van der Waals surface area contributed by atoms with Gasteiger partial charge in [0.2, 0.25) is 0 Å². The number of pyridine rings is 4. The molecule has 4 aliphatic rings. The van der Waals surface area contributed by atoms with Gasteiger partial charge in [-0.25, -0.2) is 4.98 Å². The maximum absolute atomic E-state index is 13.2. The Labute approximate surface area is 813 Å². The average molecular weight is 1980 g/mol. The van der Waals surface area contributed by atoms with Crippen LogP contribution in [0.1, 0.15) is 89.4 Å². The van der Waals surface area contributed by atoms with E-state index < -0.39 is 46.7 Å². The topological polar surface area (TPSA) is 401 Å². The molecule has 706 valence electrons. The number of anilines is 8. The van der Waals surface area contributed by atoms with E-state index in [1.807, 2.05) is 142 Å². The van der Waals surface area contributed by atoms with Crippen LogP contribution in [0.3, 0.4) is 0 Å². The van der Waals surface area contributed by atoms with Crippen LogP contribution in [0.25, 0.3) is 88.6 Å². The second-order valence-corrected chi connectivity index (χ2v) is 41.3. The van der Waals surface area contributed by atoms with E-state index in [0.717, 1.165) is 78.0 Å². The van der Waals surface area contributed by atoms with Crippen molar-refractivity contribution in [3.8, 4) is 51.1 Å². The van der Waals surface area contributed by atoms with Gasteiger partial charge in [0, 0.05) is 169 Å². The lowest BCUT2D eigenvalue weighted by Gasteiger charge is -2.34. The van der Waals surface area contributed by atoms with Crippen LogP contribution in [0.4, 0.5) is 45.5 Å². The number of aromatic amines is 1. The highest BCUT2D eigenvalue weighted by atomic mass is 35.5. The quantitative estimate of drug-likeness (QED) is 0.0472. The summed E-state index contributed by atoms with van der Waals surface area (Å²) in [4.78, 5) is 73.4. The van der Waals surface area contributed by atoms with E-state index in [-0.39, 0.29) is 28.8 Å². The van der Waals surface area contributed by atoms with Crippen molar-refractivity contribution in [3.05, 3.63) is 334 Å². The molecule has 7 N–H and O–H groups in total. The molecule has 37 heteroatoms. The standard InChI is InChI=1S/C28H25N5O3S.C28H28N4O3S.C23H20ClN5O3S.C23H19ClN4O4S/c1-19-8-9-22(17-26(19)27-24-7-4-3-6-20(24)12-13-30-27)31-28(34)25-11-10-23(16-21(25)18-29)33-15-5-14-32(2)37(33,35)36;1-19-9-10-22(18-26(19)27-25-8-5-4-7-21(25)13-14-29-27)30-28(33)24-12-11-23(17-20(24)2)32-16-6-15-31(3)36(32,34)35;24-19-7-4-16(14-18(19)20-8-9-21-22(28-20)10-12-25-21)27-23(30)15-2-5-17(6-3-15)29-13-1-11-26-33(29,31)32;24-20-7-4-16(14-19(20)22-18-9-13-32-21(18)8-11-25-22)27-23(29)15-2-5-17(6-3-15)28-12-1-10-26-33(28,30)31/h3-4,6-13,16-17H,5,14-15H2,1-2H3,(H,31,34);4-5,7-14,17-18H,6,15-16H2,1-3H3,(H,30,33);2-10,12,14,25-26H,1,11,13H2,(H,27,30);2-9,11,13-14,26H,1,10,12H2,(H,27,29). The predicted octanol–water partition coefficient (Wildman–Crippen LogP) is 18.5. The van der Waals surface area contributed by atoms with E-state index in [4.69, 9.17) is 27.6 Å². The summed E-state index contributed by atoms with van der Waals surface area (Å²) >= 11 is 12.8. The summed E-state index contributed by atoms with van der Waals surface area (Å²) in [6.45, 7) is 9.17. The molecule has 0 atom stereocenters. The van der Waals surface area contributed by atoms with Gasteiger partial charge in [-0.3, -0.25) is 51.4 Å². The maximum atomic E-state index is 13.2. The lowest BCUT2D eigenvalue weighted by Crippen LogP contribution is -2.48. The smallest absolute Gasteiger partial charge is 0.303 e. The van der Waals surface area contributed by atoms with Gasteiger partial charge in [-0.15, -0.1) is 0 Å². The van der Waals surface area contributed by atoms with Crippen molar-refractivity contribution in [2.45, 2.75) is 46.5 Å². The van der Waals surface area contributed by atoms with Crippen molar-refractivity contribution in [3.63, 3.8) is 0 Å². The largest absolute Gasteiger partial charge is 0.464 e. The Morgan fingerprint density at radius 3 is 1.36 bits per heavy atom. The van der Waals surface area contributed by atoms with Crippen LogP contribution in [-0.2, 0) is 40.8 Å². The Hall–Kier alpha value is -14.8. The lowest BCUT2D eigenvalue weighted by molar-refractivity contribution is 0.101. The molecule has 31 nitrogen and oxygen atoms in total. The Kier molecular flexibility index (Phi) is 28.2. The summed E-state index contributed by atoms with van der Waals surface area (Å²) in [5.41, 5.74) is 17.3. The minimum Gasteiger partial charge on any atom is -0.464 e. The maximum Gasteiger partial charge on any atom is 0.303 e. The molecule has 4 fully saturated rings. The van der Waals surface area contributed by atoms with Crippen molar-refractivity contribution < 1.29 is 57.3 Å². The van der Waals surface area contributed by atoms with Gasteiger partial charge in [0.15, 0.2) is 0 Å². The third-order valence-electron chi connectivity index (χ3n) is 24.1. The number of carbonyl (C=O) groups is 4. The van der Waals surface area contributed by atoms with Crippen molar-refractivity contribution in [1.82, 2.24) is 43.0 Å². The van der Waals surface area contributed by atoms with Gasteiger partial charge >= 0.3 is 40.8 Å². The van der Waals surface area contributed by atoms with Crippen LogP contribution in [0.2, 0.25) is 10.0 Å². The van der Waals surface area contributed by atoms with Gasteiger partial charge < -0.3 is 30.7 Å². The van der Waals surface area contributed by atoms with Gasteiger partial charge in [0.1, 0.15) is 11.7 Å². The number of hydrogen-bond donors (Lipinski definition) is 7. The second-order valence-electron chi connectivity index (χ2n) is 33.2. The fraction of sp³-hybridized carbons (Fsp3) is 0.167. The first-order valence-corrected chi connectivity index (χ1v) is 50.7. The van der Waals surface area contributed by atoms with Gasteiger partial charge in [-0.2, -0.15) is 57.0 Å². The fourth-order valence-corrected chi connectivity index (χ4v) is 22.7. The molecule has 0 saturated carbocycles. The van der Waals surface area contributed by atoms with Crippen molar-refractivity contribution in [2.75, 3.05) is 105 Å². The number of hydrogen-bond acceptors (Lipinski definition) is 18. The Bertz CT molecular complexity index is 8020. The van der Waals surface area contributed by atoms with Crippen LogP contribution in [0, 0.1) is 32.1 Å². The molecule has 0 radical (unpaired) electrons. The van der Waals surface area contributed by atoms with E-state index in [1.165, 1.54) is 45.0 Å². The van der Waals surface area contributed by atoms with Crippen LogP contribution in [0.5, 0.6) is 0 Å². The number of aryl methyl sites for hydroxylation is 3. The third-order valence-corrected chi connectivity index (χ3v) is 31.7. The van der Waals surface area contributed by atoms with Crippen molar-refractivity contribution >= 4 is 177 Å². The molecule has 139 heavy (non-hydrogen) atoms. The SMILES string of the molecule is Cc1cc(N2CCCN(C)S2(=O)=O)ccc1C(=O)Nc1ccc(C)c(-c2nccc3ccccc23)c1.Cc1ccc(NC(=O)c2ccc(N3CCCN(C)S3(=O)=O)cc2C#N)cc1-c1nccc2ccccc12.O=C(Nc1ccc(Cl)c(-c2ccc3[nH]ccc3n2)c1)c1ccc(N2CCCNS2(=O)=O)cc1.O=C(Nc1ccc(Cl)c(-c2nccc3occc23)c1)c1ccc(N2CCCNS2(=O)=O)cc1. The molecule has 16 aromatic rings. The summed E-state index contributed by atoms with van der Waals surface area (Å²) < 4.78 is 118. The first kappa shape index (κ1) is 95.9. The number of furan rings is 1. The van der Waals surface area contributed by atoms with E-state index in [1.54, 1.807) is 153 Å². The Balaban J connectivity index is 0.000000128. The number of amides is 4. The number of benzene rings is 10. The van der Waals surface area contributed by atoms with E-state index >= 15 is 0 Å². The Morgan fingerprint density at radius 2 is 0.849 bits per heavy atom. The molecule has 4 saturated heterocycles. The second kappa shape index (κ2) is 40.9. The zero-order valence-corrected chi connectivity index (χ0v) is 80.4. The highest BCUT2D eigenvalue weighted by molar-refractivity contribution is 7.91. The molecule has 10 aromatic carbocycles. The van der Waals surface area contributed by atoms with Crippen LogP contribution in [-0.4, -0.2) is 157 Å². The number of H-pyrrole nitrogens is 1. The summed E-state index contributed by atoms with van der Waals surface area (Å²) in [5.74, 6) is -1.35. The number of rotatable bonds is 16. The minimum atomic E-state index is -3.66. The normalized spacial score (nSPS) is 15.5. The lowest BCUT2D eigenvalue weighted by atomic mass is 9.99. The average Bonchev–Trinajstić information content (AvgIpc) is 1.05. The molecule has 0 aliphatic carbocycles. The monoisotopic (exact) mass is 1970 g/mol. The summed E-state index contributed by atoms with van der Waals surface area (Å²) in [6, 6.07) is 75.7. The van der Waals surface area contributed by atoms with Gasteiger partial charge in [-0.1, -0.05) is 83.9 Å². The molecule has 4 amide bonds. The van der Waals surface area contributed by atoms with Crippen molar-refractivity contribution in [2.24, 2.45) is 0 Å². The summed E-state index contributed by atoms with van der Waals surface area (Å²) in [5, 5.41) is 27.4. The molecular weight excluding hydrogens is 1880 g/mol. The highest BCUT2D eigenvalue weighted by Crippen LogP contribution is 2.40. The fourth-order valence-electron chi connectivity index (χ4n) is 16.7. The molecule has 4 aliphatic heterocycles. The molecule has 0 unspecified atom stereocenters. The number of halogens is 2. The van der Waals surface area contributed by atoms with Crippen LogP contribution < -0.4 is 47.9 Å². The zero-order chi connectivity index (χ0) is 97.6. The number of nitrogens with zero attached hydrogens (tertiary/aromatic N) is 11. The van der Waals surface area contributed by atoms with Crippen LogP contribution in [0.15, 0.2) is 284 Å². The number of fused-ring (bicyclic) bond motifs is 4. The van der Waals surface area contributed by atoms with E-state index in [9.17, 15) is 58.1 Å². The van der Waals surface area contributed by atoms with Gasteiger partial charge in [0.25, 0.3) is 23.6 Å². The number of nitriles is 1. The number of nitrogens with one attached hydrogen (secondary N) is 7. The zero-order valence-electron chi connectivity index (χ0n) is 75.7. The first-order chi connectivity index (χ1) is 66.9. The minimum absolute atomic E-state index is 0.0986. The predicted molar refractivity (Wildman–Crippen MR) is 547 cm³/mol. The number of carbonyl (C=O) groups excluding carboxylic acids is 4. The van der Waals surface area contributed by atoms with Crippen LogP contribution >= 0.6 is 23.2 Å². The van der Waals surface area contributed by atoms with E-state index in [2.05, 4.69) is 61.7 Å². The Morgan fingerprint density at radius 1 is 0.410 bits per heavy atom. The third kappa shape index (κ3) is 20.9. The molecule has 20 rings (SSSR count). The van der Waals surface area contributed by atoms with E-state index in [0.29, 0.717) is 178 Å². The first-order valence-electron chi connectivity index (χ1n) is 44.3.